The highest BCUT2D eigenvalue weighted by molar-refractivity contribution is 7.14. The van der Waals surface area contributed by atoms with E-state index in [1.807, 2.05) is 27.7 Å². The van der Waals surface area contributed by atoms with Crippen molar-refractivity contribution in [1.29, 1.82) is 0 Å². The molecule has 0 spiro atoms. The molecule has 27 heavy (non-hydrogen) atoms. The smallest absolute Gasteiger partial charge is 0.346 e. The minimum absolute atomic E-state index is 0.143. The number of Topliss-reactive ketones (excluding diaryl/α,β-unsaturated/α-hetero) is 1. The maximum Gasteiger partial charge on any atom is 0.346 e. The van der Waals surface area contributed by atoms with Crippen LogP contribution >= 0.6 is 34.5 Å². The van der Waals surface area contributed by atoms with E-state index < -0.39 is 5.97 Å². The Morgan fingerprint density at radius 1 is 1.22 bits per heavy atom. The lowest BCUT2D eigenvalue weighted by atomic mass is 9.93. The maximum atomic E-state index is 12.6. The zero-order chi connectivity index (χ0) is 20.4. The molecule has 142 valence electrons. The Balaban J connectivity index is 2.30. The van der Waals surface area contributed by atoms with Gasteiger partial charge in [-0.05, 0) is 56.5 Å². The van der Waals surface area contributed by atoms with Crippen LogP contribution in [0.2, 0.25) is 10.0 Å². The number of aromatic carboxylic acids is 1. The number of benzene rings is 1. The molecule has 1 aromatic carbocycles. The quantitative estimate of drug-likeness (QED) is 0.440. The number of hydrogen-bond acceptors (Lipinski definition) is 3. The van der Waals surface area contributed by atoms with E-state index in [0.717, 1.165) is 11.3 Å². The summed E-state index contributed by atoms with van der Waals surface area (Å²) in [6.45, 7) is 7.80. The van der Waals surface area contributed by atoms with E-state index in [1.165, 1.54) is 6.07 Å². The van der Waals surface area contributed by atoms with E-state index in [4.69, 9.17) is 23.2 Å². The van der Waals surface area contributed by atoms with Gasteiger partial charge in [-0.25, -0.2) is 4.79 Å². The second-order valence-electron chi connectivity index (χ2n) is 7.35. The SMILES string of the molecule is CC(CC(=O)c1ccc(Cl)cc1Cl)c1cc(C#CC(C)(C)C)sc1C(=O)O. The van der Waals surface area contributed by atoms with Crippen molar-refractivity contribution < 1.29 is 14.7 Å². The van der Waals surface area contributed by atoms with Gasteiger partial charge in [0.2, 0.25) is 0 Å². The molecular weight excluding hydrogens is 403 g/mol. The van der Waals surface area contributed by atoms with E-state index in [9.17, 15) is 14.7 Å². The van der Waals surface area contributed by atoms with Crippen LogP contribution in [0, 0.1) is 17.3 Å². The molecule has 0 fully saturated rings. The third-order valence-corrected chi connectivity index (χ3v) is 5.37. The summed E-state index contributed by atoms with van der Waals surface area (Å²) in [6.07, 6.45) is 0.143. The van der Waals surface area contributed by atoms with Gasteiger partial charge in [0.1, 0.15) is 4.88 Å². The van der Waals surface area contributed by atoms with Crippen molar-refractivity contribution in [3.8, 4) is 11.8 Å². The monoisotopic (exact) mass is 422 g/mol. The van der Waals surface area contributed by atoms with Gasteiger partial charge in [0.05, 0.1) is 9.90 Å². The Labute approximate surface area is 173 Å². The zero-order valence-corrected chi connectivity index (χ0v) is 17.9. The predicted octanol–water partition coefficient (Wildman–Crippen LogP) is 6.53. The minimum Gasteiger partial charge on any atom is -0.477 e. The van der Waals surface area contributed by atoms with E-state index in [-0.39, 0.29) is 28.4 Å². The van der Waals surface area contributed by atoms with E-state index in [2.05, 4.69) is 11.8 Å². The fourth-order valence-electron chi connectivity index (χ4n) is 2.46. The summed E-state index contributed by atoms with van der Waals surface area (Å²) in [7, 11) is 0. The molecule has 0 aliphatic heterocycles. The van der Waals surface area contributed by atoms with E-state index in [1.54, 1.807) is 18.2 Å². The van der Waals surface area contributed by atoms with Gasteiger partial charge in [-0.15, -0.1) is 11.3 Å². The molecule has 1 aromatic heterocycles. The number of carbonyl (C=O) groups is 2. The van der Waals surface area contributed by atoms with Gasteiger partial charge in [-0.2, -0.15) is 0 Å². The first-order valence-electron chi connectivity index (χ1n) is 8.36. The molecule has 6 heteroatoms. The number of halogens is 2. The predicted molar refractivity (Wildman–Crippen MR) is 111 cm³/mol. The summed E-state index contributed by atoms with van der Waals surface area (Å²) in [5, 5.41) is 10.3. The molecule has 0 saturated carbocycles. The summed E-state index contributed by atoms with van der Waals surface area (Å²) in [5.41, 5.74) is 0.817. The van der Waals surface area contributed by atoms with Gasteiger partial charge >= 0.3 is 5.97 Å². The molecule has 0 amide bonds. The Morgan fingerprint density at radius 3 is 2.44 bits per heavy atom. The molecule has 1 unspecified atom stereocenters. The van der Waals surface area contributed by atoms with Gasteiger partial charge in [-0.1, -0.05) is 42.0 Å². The third-order valence-electron chi connectivity index (χ3n) is 3.77. The first-order chi connectivity index (χ1) is 12.5. The molecule has 3 nitrogen and oxygen atoms in total. The number of hydrogen-bond donors (Lipinski definition) is 1. The van der Waals surface area contributed by atoms with Crippen LogP contribution in [0.15, 0.2) is 24.3 Å². The van der Waals surface area contributed by atoms with E-state index in [0.29, 0.717) is 26.0 Å². The number of carboxylic acids is 1. The average Bonchev–Trinajstić information content (AvgIpc) is 2.96. The normalized spacial score (nSPS) is 12.2. The molecule has 0 aliphatic carbocycles. The van der Waals surface area contributed by atoms with E-state index >= 15 is 0 Å². The topological polar surface area (TPSA) is 54.4 Å². The molecule has 1 N–H and O–H groups in total. The Morgan fingerprint density at radius 2 is 1.89 bits per heavy atom. The van der Waals surface area contributed by atoms with Gasteiger partial charge in [0.25, 0.3) is 0 Å². The van der Waals surface area contributed by atoms with Crippen LogP contribution in [-0.2, 0) is 0 Å². The van der Waals surface area contributed by atoms with Crippen molar-refractivity contribution in [2.24, 2.45) is 5.41 Å². The highest BCUT2D eigenvalue weighted by Crippen LogP contribution is 2.32. The lowest BCUT2D eigenvalue weighted by Gasteiger charge is -2.11. The number of thiophene rings is 1. The van der Waals surface area contributed by atoms with Crippen LogP contribution < -0.4 is 0 Å². The Hall–Kier alpha value is -1.80. The van der Waals surface area contributed by atoms with Crippen molar-refractivity contribution in [3.63, 3.8) is 0 Å². The maximum absolute atomic E-state index is 12.6. The lowest BCUT2D eigenvalue weighted by Crippen LogP contribution is -2.08. The summed E-state index contributed by atoms with van der Waals surface area (Å²) < 4.78 is 0. The Kier molecular flexibility index (Phi) is 6.75. The first-order valence-corrected chi connectivity index (χ1v) is 9.93. The molecule has 0 saturated heterocycles. The molecular formula is C21H20Cl2O3S. The van der Waals surface area contributed by atoms with Crippen molar-refractivity contribution in [1.82, 2.24) is 0 Å². The second kappa shape index (κ2) is 8.48. The number of rotatable bonds is 5. The molecule has 0 bridgehead atoms. The molecule has 1 atom stereocenters. The minimum atomic E-state index is -1.01. The van der Waals surface area contributed by atoms with Crippen LogP contribution in [0.4, 0.5) is 0 Å². The van der Waals surface area contributed by atoms with Crippen molar-refractivity contribution >= 4 is 46.3 Å². The standard InChI is InChI=1S/C21H20Cl2O3S/c1-12(9-18(24)15-6-5-13(22)10-17(15)23)16-11-14(7-8-21(2,3)4)27-19(16)20(25)26/h5-6,10-12H,9H2,1-4H3,(H,25,26). The molecule has 1 heterocycles. The Bertz CT molecular complexity index is 943. The largest absolute Gasteiger partial charge is 0.477 e. The first kappa shape index (κ1) is 21.5. The van der Waals surface area contributed by atoms with Crippen LogP contribution in [-0.4, -0.2) is 16.9 Å². The highest BCUT2D eigenvalue weighted by Gasteiger charge is 2.23. The lowest BCUT2D eigenvalue weighted by molar-refractivity contribution is 0.0699. The fourth-order valence-corrected chi connectivity index (χ4v) is 3.95. The van der Waals surface area contributed by atoms with Crippen molar-refractivity contribution in [2.45, 2.75) is 40.0 Å². The number of carboxylic acid groups (broad SMARTS) is 1. The number of carbonyl (C=O) groups excluding carboxylic acids is 1. The van der Waals surface area contributed by atoms with Crippen LogP contribution in [0.5, 0.6) is 0 Å². The summed E-state index contributed by atoms with van der Waals surface area (Å²) in [4.78, 5) is 25.1. The van der Waals surface area contributed by atoms with Gasteiger partial charge < -0.3 is 5.11 Å². The van der Waals surface area contributed by atoms with Gasteiger partial charge in [0.15, 0.2) is 5.78 Å². The third kappa shape index (κ3) is 5.84. The molecule has 2 rings (SSSR count). The van der Waals surface area contributed by atoms with Gasteiger partial charge in [0, 0.05) is 22.4 Å². The average molecular weight is 423 g/mol. The molecule has 2 aromatic rings. The van der Waals surface area contributed by atoms with Crippen LogP contribution in [0.3, 0.4) is 0 Å². The summed E-state index contributed by atoms with van der Waals surface area (Å²) in [6, 6.07) is 6.49. The fraction of sp³-hybridized carbons (Fsp3) is 0.333. The zero-order valence-electron chi connectivity index (χ0n) is 15.5. The summed E-state index contributed by atoms with van der Waals surface area (Å²) >= 11 is 13.1. The van der Waals surface area contributed by atoms with Crippen molar-refractivity contribution in [3.05, 3.63) is 55.2 Å². The van der Waals surface area contributed by atoms with Crippen molar-refractivity contribution in [2.75, 3.05) is 0 Å². The molecule has 0 radical (unpaired) electrons. The van der Waals surface area contributed by atoms with Crippen LogP contribution in [0.25, 0.3) is 0 Å². The van der Waals surface area contributed by atoms with Crippen LogP contribution in [0.1, 0.15) is 70.5 Å². The second-order valence-corrected chi connectivity index (χ2v) is 9.25. The highest BCUT2D eigenvalue weighted by atomic mass is 35.5. The molecule has 0 aliphatic rings. The van der Waals surface area contributed by atoms with Gasteiger partial charge in [-0.3, -0.25) is 4.79 Å². The number of ketones is 1. The summed E-state index contributed by atoms with van der Waals surface area (Å²) in [5.74, 6) is 4.70.